The molecule has 1 aromatic heterocycles. The van der Waals surface area contributed by atoms with Gasteiger partial charge in [-0.2, -0.15) is 0 Å². The first kappa shape index (κ1) is 12.9. The lowest BCUT2D eigenvalue weighted by Gasteiger charge is -2.20. The molecule has 6 nitrogen and oxygen atoms in total. The molecule has 1 fully saturated rings. The fourth-order valence-corrected chi connectivity index (χ4v) is 2.17. The first-order valence-corrected chi connectivity index (χ1v) is 6.12. The van der Waals surface area contributed by atoms with Crippen LogP contribution in [-0.4, -0.2) is 60.4 Å². The van der Waals surface area contributed by atoms with Crippen molar-refractivity contribution in [3.8, 4) is 0 Å². The van der Waals surface area contributed by atoms with E-state index in [1.807, 2.05) is 4.90 Å². The summed E-state index contributed by atoms with van der Waals surface area (Å²) in [6, 6.07) is 3.18. The number of aliphatic hydroxyl groups is 1. The Bertz CT molecular complexity index is 405. The highest BCUT2D eigenvalue weighted by atomic mass is 16.4. The summed E-state index contributed by atoms with van der Waals surface area (Å²) in [7, 11) is 0. The van der Waals surface area contributed by atoms with Crippen molar-refractivity contribution in [3.63, 3.8) is 0 Å². The SMILES string of the molecule is O=C(O)c1ccc(N2CCCN(CCO)CC2)o1. The number of carboxylic acids is 1. The van der Waals surface area contributed by atoms with Gasteiger partial charge in [0.05, 0.1) is 6.61 Å². The number of nitrogens with zero attached hydrogens (tertiary/aromatic N) is 2. The van der Waals surface area contributed by atoms with Gasteiger partial charge in [-0.15, -0.1) is 0 Å². The highest BCUT2D eigenvalue weighted by Gasteiger charge is 2.18. The summed E-state index contributed by atoms with van der Waals surface area (Å²) in [6.07, 6.45) is 0.975. The van der Waals surface area contributed by atoms with E-state index in [1.165, 1.54) is 6.07 Å². The van der Waals surface area contributed by atoms with Crippen LogP contribution in [0.3, 0.4) is 0 Å². The fourth-order valence-electron chi connectivity index (χ4n) is 2.17. The van der Waals surface area contributed by atoms with Crippen molar-refractivity contribution in [2.24, 2.45) is 0 Å². The quantitative estimate of drug-likeness (QED) is 0.814. The first-order chi connectivity index (χ1) is 8.70. The molecular formula is C12H18N2O4. The number of aromatic carboxylic acids is 1. The van der Waals surface area contributed by atoms with Crippen LogP contribution in [0.1, 0.15) is 17.0 Å². The van der Waals surface area contributed by atoms with Crippen LogP contribution in [0.25, 0.3) is 0 Å². The van der Waals surface area contributed by atoms with E-state index in [9.17, 15) is 4.79 Å². The maximum atomic E-state index is 10.8. The lowest BCUT2D eigenvalue weighted by molar-refractivity contribution is 0.0663. The lowest BCUT2D eigenvalue weighted by atomic mass is 10.4. The van der Waals surface area contributed by atoms with Crippen molar-refractivity contribution in [2.45, 2.75) is 6.42 Å². The number of aliphatic hydroxyl groups excluding tert-OH is 1. The minimum Gasteiger partial charge on any atom is -0.475 e. The predicted octanol–water partition coefficient (Wildman–Crippen LogP) is 0.482. The molecular weight excluding hydrogens is 236 g/mol. The average molecular weight is 254 g/mol. The van der Waals surface area contributed by atoms with Crippen LogP contribution in [0.15, 0.2) is 16.5 Å². The lowest BCUT2D eigenvalue weighted by Crippen LogP contribution is -2.32. The third-order valence-electron chi connectivity index (χ3n) is 3.12. The number of anilines is 1. The summed E-state index contributed by atoms with van der Waals surface area (Å²) in [5, 5.41) is 17.7. The molecule has 100 valence electrons. The van der Waals surface area contributed by atoms with Gasteiger partial charge in [0.2, 0.25) is 5.76 Å². The molecule has 1 aromatic rings. The Labute approximate surface area is 105 Å². The van der Waals surface area contributed by atoms with Crippen molar-refractivity contribution in [3.05, 3.63) is 17.9 Å². The van der Waals surface area contributed by atoms with Crippen molar-refractivity contribution in [1.29, 1.82) is 0 Å². The van der Waals surface area contributed by atoms with Gasteiger partial charge >= 0.3 is 5.97 Å². The van der Waals surface area contributed by atoms with Gasteiger partial charge in [0, 0.05) is 32.2 Å². The zero-order valence-corrected chi connectivity index (χ0v) is 10.2. The molecule has 1 aliphatic rings. The summed E-state index contributed by atoms with van der Waals surface area (Å²) >= 11 is 0. The number of furan rings is 1. The second kappa shape index (κ2) is 5.88. The first-order valence-electron chi connectivity index (χ1n) is 6.12. The molecule has 0 amide bonds. The second-order valence-electron chi connectivity index (χ2n) is 4.35. The molecule has 1 saturated heterocycles. The Morgan fingerprint density at radius 2 is 2.11 bits per heavy atom. The third-order valence-corrected chi connectivity index (χ3v) is 3.12. The molecule has 18 heavy (non-hydrogen) atoms. The van der Waals surface area contributed by atoms with Gasteiger partial charge in [-0.25, -0.2) is 4.79 Å². The highest BCUT2D eigenvalue weighted by Crippen LogP contribution is 2.20. The summed E-state index contributed by atoms with van der Waals surface area (Å²) in [4.78, 5) is 15.0. The molecule has 0 aliphatic carbocycles. The predicted molar refractivity (Wildman–Crippen MR) is 66.0 cm³/mol. The molecule has 0 saturated carbocycles. The molecule has 0 unspecified atom stereocenters. The van der Waals surface area contributed by atoms with Gasteiger partial charge in [-0.1, -0.05) is 0 Å². The van der Waals surface area contributed by atoms with Gasteiger partial charge < -0.3 is 19.5 Å². The summed E-state index contributed by atoms with van der Waals surface area (Å²) in [5.41, 5.74) is 0. The van der Waals surface area contributed by atoms with E-state index in [4.69, 9.17) is 14.6 Å². The van der Waals surface area contributed by atoms with Crippen LogP contribution < -0.4 is 4.90 Å². The summed E-state index contributed by atoms with van der Waals surface area (Å²) in [5.74, 6) is -0.460. The van der Waals surface area contributed by atoms with Gasteiger partial charge in [0.25, 0.3) is 0 Å². The van der Waals surface area contributed by atoms with Gasteiger partial charge in [0.1, 0.15) is 0 Å². The molecule has 6 heteroatoms. The largest absolute Gasteiger partial charge is 0.475 e. The molecule has 2 rings (SSSR count). The Balaban J connectivity index is 1.98. The Hall–Kier alpha value is -1.53. The summed E-state index contributed by atoms with van der Waals surface area (Å²) < 4.78 is 5.29. The van der Waals surface area contributed by atoms with Crippen molar-refractivity contribution in [1.82, 2.24) is 4.90 Å². The number of hydrogen-bond acceptors (Lipinski definition) is 5. The Morgan fingerprint density at radius 3 is 2.78 bits per heavy atom. The number of hydrogen-bond donors (Lipinski definition) is 2. The maximum absolute atomic E-state index is 10.8. The molecule has 1 aliphatic heterocycles. The average Bonchev–Trinajstić information content (AvgIpc) is 2.72. The molecule has 0 bridgehead atoms. The zero-order valence-electron chi connectivity index (χ0n) is 10.2. The van der Waals surface area contributed by atoms with Crippen LogP contribution >= 0.6 is 0 Å². The number of carbonyl (C=O) groups is 1. The minimum absolute atomic E-state index is 0.0264. The number of β-amino-alcohol motifs (C(OH)–C–C–N with tert-alkyl or cyclic N) is 1. The molecule has 2 heterocycles. The maximum Gasteiger partial charge on any atom is 0.371 e. The zero-order chi connectivity index (χ0) is 13.0. The van der Waals surface area contributed by atoms with Gasteiger partial charge in [0.15, 0.2) is 5.88 Å². The van der Waals surface area contributed by atoms with Crippen LogP contribution in [0.4, 0.5) is 5.88 Å². The Kier molecular flexibility index (Phi) is 4.22. The van der Waals surface area contributed by atoms with E-state index in [0.29, 0.717) is 12.4 Å². The van der Waals surface area contributed by atoms with Gasteiger partial charge in [-0.3, -0.25) is 4.90 Å². The molecule has 0 atom stereocenters. The smallest absolute Gasteiger partial charge is 0.371 e. The Morgan fingerprint density at radius 1 is 1.28 bits per heavy atom. The normalized spacial score (nSPS) is 17.7. The summed E-state index contributed by atoms with van der Waals surface area (Å²) in [6.45, 7) is 4.28. The number of rotatable bonds is 4. The third kappa shape index (κ3) is 3.02. The van der Waals surface area contributed by atoms with Crippen LogP contribution in [0.2, 0.25) is 0 Å². The van der Waals surface area contributed by atoms with Crippen LogP contribution in [0, 0.1) is 0 Å². The van der Waals surface area contributed by atoms with Crippen molar-refractivity contribution < 1.29 is 19.4 Å². The fraction of sp³-hybridized carbons (Fsp3) is 0.583. The van der Waals surface area contributed by atoms with Crippen LogP contribution in [0.5, 0.6) is 0 Å². The van der Waals surface area contributed by atoms with Gasteiger partial charge in [-0.05, 0) is 19.0 Å². The van der Waals surface area contributed by atoms with E-state index in [0.717, 1.165) is 32.6 Å². The number of carboxylic acid groups (broad SMARTS) is 1. The monoisotopic (exact) mass is 254 g/mol. The topological polar surface area (TPSA) is 77.2 Å². The highest BCUT2D eigenvalue weighted by molar-refractivity contribution is 5.84. The molecule has 0 radical (unpaired) electrons. The minimum atomic E-state index is -1.04. The van der Waals surface area contributed by atoms with E-state index in [1.54, 1.807) is 6.07 Å². The standard InChI is InChI=1S/C12H18N2O4/c15-9-8-13-4-1-5-14(7-6-13)11-3-2-10(18-11)12(16)17/h2-3,15H,1,4-9H2,(H,16,17). The molecule has 0 spiro atoms. The second-order valence-corrected chi connectivity index (χ2v) is 4.35. The molecule has 2 N–H and O–H groups in total. The van der Waals surface area contributed by atoms with E-state index >= 15 is 0 Å². The van der Waals surface area contributed by atoms with E-state index < -0.39 is 5.97 Å². The van der Waals surface area contributed by atoms with E-state index in [-0.39, 0.29) is 12.4 Å². The molecule has 0 aromatic carbocycles. The van der Waals surface area contributed by atoms with Crippen molar-refractivity contribution in [2.75, 3.05) is 44.2 Å². The van der Waals surface area contributed by atoms with E-state index in [2.05, 4.69) is 4.90 Å². The van der Waals surface area contributed by atoms with Crippen molar-refractivity contribution >= 4 is 11.9 Å². The van der Waals surface area contributed by atoms with Crippen LogP contribution in [-0.2, 0) is 0 Å².